The highest BCUT2D eigenvalue weighted by Gasteiger charge is 2.32. The standard InChI is InChI=1S/C13H17FN2O4S/c1-2-7-21(18,19)15-8-12-9-16(13(17)20-12)11-5-3-10(14)4-6-11/h3-6,12,15H,2,7-9H2,1H3. The maximum atomic E-state index is 12.9. The Labute approximate surface area is 122 Å². The van der Waals surface area contributed by atoms with E-state index in [2.05, 4.69) is 4.72 Å². The molecule has 1 aromatic carbocycles. The van der Waals surface area contributed by atoms with Crippen molar-refractivity contribution >= 4 is 21.8 Å². The average Bonchev–Trinajstić information content (AvgIpc) is 2.79. The van der Waals surface area contributed by atoms with Gasteiger partial charge >= 0.3 is 6.09 Å². The van der Waals surface area contributed by atoms with Gasteiger partial charge in [0.2, 0.25) is 10.0 Å². The minimum atomic E-state index is -3.33. The normalized spacial score (nSPS) is 18.9. The predicted octanol–water partition coefficient (Wildman–Crippen LogP) is 1.48. The number of amides is 1. The Hall–Kier alpha value is -1.67. The maximum Gasteiger partial charge on any atom is 0.414 e. The molecule has 1 aliphatic rings. The summed E-state index contributed by atoms with van der Waals surface area (Å²) in [4.78, 5) is 13.1. The van der Waals surface area contributed by atoms with E-state index in [0.29, 0.717) is 12.1 Å². The second kappa shape index (κ2) is 6.40. The van der Waals surface area contributed by atoms with Crippen molar-refractivity contribution in [2.75, 3.05) is 23.7 Å². The molecule has 1 atom stereocenters. The molecule has 1 unspecified atom stereocenters. The number of halogens is 1. The molecule has 0 saturated carbocycles. The molecule has 1 fully saturated rings. The van der Waals surface area contributed by atoms with Crippen molar-refractivity contribution in [2.45, 2.75) is 19.4 Å². The van der Waals surface area contributed by atoms with E-state index in [9.17, 15) is 17.6 Å². The minimum Gasteiger partial charge on any atom is -0.443 e. The second-order valence-electron chi connectivity index (χ2n) is 4.76. The van der Waals surface area contributed by atoms with Gasteiger partial charge in [-0.05, 0) is 30.7 Å². The summed E-state index contributed by atoms with van der Waals surface area (Å²) in [5.41, 5.74) is 0.514. The van der Waals surface area contributed by atoms with Gasteiger partial charge in [0.25, 0.3) is 0 Å². The quantitative estimate of drug-likeness (QED) is 0.862. The van der Waals surface area contributed by atoms with Crippen molar-refractivity contribution in [3.8, 4) is 0 Å². The Bertz CT molecular complexity index is 603. The molecule has 0 aliphatic carbocycles. The highest BCUT2D eigenvalue weighted by atomic mass is 32.2. The number of anilines is 1. The highest BCUT2D eigenvalue weighted by Crippen LogP contribution is 2.21. The van der Waals surface area contributed by atoms with Gasteiger partial charge < -0.3 is 4.74 Å². The lowest BCUT2D eigenvalue weighted by atomic mass is 10.2. The van der Waals surface area contributed by atoms with Crippen LogP contribution in [0.5, 0.6) is 0 Å². The Morgan fingerprint density at radius 2 is 2.05 bits per heavy atom. The number of sulfonamides is 1. The molecular formula is C13H17FN2O4S. The number of hydrogen-bond acceptors (Lipinski definition) is 4. The summed E-state index contributed by atoms with van der Waals surface area (Å²) in [5.74, 6) is -0.356. The molecule has 1 amide bonds. The van der Waals surface area contributed by atoms with Gasteiger partial charge in [0.15, 0.2) is 0 Å². The van der Waals surface area contributed by atoms with Crippen LogP contribution in [0, 0.1) is 5.82 Å². The number of nitrogens with one attached hydrogen (secondary N) is 1. The molecule has 0 radical (unpaired) electrons. The first-order valence-corrected chi connectivity index (χ1v) is 8.27. The summed E-state index contributed by atoms with van der Waals surface area (Å²) in [5, 5.41) is 0. The molecule has 1 saturated heterocycles. The smallest absolute Gasteiger partial charge is 0.414 e. The van der Waals surface area contributed by atoms with Gasteiger partial charge in [0, 0.05) is 12.2 Å². The number of carbonyl (C=O) groups is 1. The third-order valence-electron chi connectivity index (χ3n) is 3.02. The molecule has 2 rings (SSSR count). The van der Waals surface area contributed by atoms with E-state index in [-0.39, 0.29) is 18.8 Å². The first-order valence-electron chi connectivity index (χ1n) is 6.62. The zero-order chi connectivity index (χ0) is 15.5. The van der Waals surface area contributed by atoms with Crippen LogP contribution in [0.1, 0.15) is 13.3 Å². The van der Waals surface area contributed by atoms with Crippen molar-refractivity contribution in [3.05, 3.63) is 30.1 Å². The largest absolute Gasteiger partial charge is 0.443 e. The number of benzene rings is 1. The van der Waals surface area contributed by atoms with Crippen molar-refractivity contribution in [2.24, 2.45) is 0 Å². The number of cyclic esters (lactones) is 1. The number of carbonyl (C=O) groups excluding carboxylic acids is 1. The van der Waals surface area contributed by atoms with E-state index in [1.165, 1.54) is 29.2 Å². The van der Waals surface area contributed by atoms with Crippen molar-refractivity contribution in [1.82, 2.24) is 4.72 Å². The molecule has 0 bridgehead atoms. The Morgan fingerprint density at radius 1 is 1.38 bits per heavy atom. The van der Waals surface area contributed by atoms with Crippen LogP contribution in [0.3, 0.4) is 0 Å². The van der Waals surface area contributed by atoms with Gasteiger partial charge in [-0.2, -0.15) is 0 Å². The molecule has 1 N–H and O–H groups in total. The second-order valence-corrected chi connectivity index (χ2v) is 6.69. The summed E-state index contributed by atoms with van der Waals surface area (Å²) in [6, 6.07) is 5.44. The first-order chi connectivity index (χ1) is 9.91. The maximum absolute atomic E-state index is 12.9. The molecule has 1 heterocycles. The highest BCUT2D eigenvalue weighted by molar-refractivity contribution is 7.89. The fourth-order valence-electron chi connectivity index (χ4n) is 2.02. The van der Waals surface area contributed by atoms with Crippen LogP contribution in [-0.4, -0.2) is 39.5 Å². The molecule has 116 valence electrons. The molecule has 1 aromatic rings. The van der Waals surface area contributed by atoms with Crippen LogP contribution in [-0.2, 0) is 14.8 Å². The number of ether oxygens (including phenoxy) is 1. The minimum absolute atomic E-state index is 0.0335. The summed E-state index contributed by atoms with van der Waals surface area (Å²) < 4.78 is 43.5. The van der Waals surface area contributed by atoms with Gasteiger partial charge in [-0.15, -0.1) is 0 Å². The summed E-state index contributed by atoms with van der Waals surface area (Å²) in [6.07, 6.45) is -0.614. The molecule has 0 spiro atoms. The molecule has 8 heteroatoms. The van der Waals surface area contributed by atoms with Crippen LogP contribution in [0.4, 0.5) is 14.9 Å². The van der Waals surface area contributed by atoms with Crippen LogP contribution in [0.2, 0.25) is 0 Å². The fraction of sp³-hybridized carbons (Fsp3) is 0.462. The van der Waals surface area contributed by atoms with Gasteiger partial charge in [0.05, 0.1) is 12.3 Å². The molecular weight excluding hydrogens is 299 g/mol. The third-order valence-corrected chi connectivity index (χ3v) is 4.57. The van der Waals surface area contributed by atoms with Crippen LogP contribution in [0.15, 0.2) is 24.3 Å². The molecule has 21 heavy (non-hydrogen) atoms. The Balaban J connectivity index is 1.95. The van der Waals surface area contributed by atoms with E-state index in [1.54, 1.807) is 6.92 Å². The average molecular weight is 316 g/mol. The summed E-state index contributed by atoms with van der Waals surface area (Å²) >= 11 is 0. The molecule has 1 aliphatic heterocycles. The molecule has 0 aromatic heterocycles. The SMILES string of the molecule is CCCS(=O)(=O)NCC1CN(c2ccc(F)cc2)C(=O)O1. The zero-order valence-electron chi connectivity index (χ0n) is 11.6. The Morgan fingerprint density at radius 3 is 2.67 bits per heavy atom. The third kappa shape index (κ3) is 4.15. The summed E-state index contributed by atoms with van der Waals surface area (Å²) in [7, 11) is -3.33. The lowest BCUT2D eigenvalue weighted by Gasteiger charge is -2.13. The van der Waals surface area contributed by atoms with E-state index in [1.807, 2.05) is 0 Å². The van der Waals surface area contributed by atoms with Crippen LogP contribution < -0.4 is 9.62 Å². The van der Waals surface area contributed by atoms with Crippen molar-refractivity contribution in [1.29, 1.82) is 0 Å². The van der Waals surface area contributed by atoms with E-state index >= 15 is 0 Å². The fourth-order valence-corrected chi connectivity index (χ4v) is 3.14. The number of hydrogen-bond donors (Lipinski definition) is 1. The van der Waals surface area contributed by atoms with Gasteiger partial charge in [0.1, 0.15) is 11.9 Å². The zero-order valence-corrected chi connectivity index (χ0v) is 12.4. The van der Waals surface area contributed by atoms with Crippen molar-refractivity contribution in [3.63, 3.8) is 0 Å². The topological polar surface area (TPSA) is 75.7 Å². The Kier molecular flexibility index (Phi) is 4.79. The van der Waals surface area contributed by atoms with Crippen molar-refractivity contribution < 1.29 is 22.3 Å². The lowest BCUT2D eigenvalue weighted by molar-refractivity contribution is 0.143. The van der Waals surface area contributed by atoms with E-state index in [4.69, 9.17) is 4.74 Å². The van der Waals surface area contributed by atoms with Gasteiger partial charge in [-0.25, -0.2) is 22.3 Å². The molecule has 6 nitrogen and oxygen atoms in total. The van der Waals surface area contributed by atoms with Gasteiger partial charge in [-0.3, -0.25) is 4.90 Å². The first kappa shape index (κ1) is 15.7. The van der Waals surface area contributed by atoms with Crippen LogP contribution >= 0.6 is 0 Å². The summed E-state index contributed by atoms with van der Waals surface area (Å²) in [6.45, 7) is 2.02. The van der Waals surface area contributed by atoms with Gasteiger partial charge in [-0.1, -0.05) is 6.92 Å². The van der Waals surface area contributed by atoms with E-state index < -0.39 is 28.0 Å². The van der Waals surface area contributed by atoms with Crippen LogP contribution in [0.25, 0.3) is 0 Å². The van der Waals surface area contributed by atoms with E-state index in [0.717, 1.165) is 0 Å². The predicted molar refractivity (Wildman–Crippen MR) is 76.1 cm³/mol. The lowest BCUT2D eigenvalue weighted by Crippen LogP contribution is -2.35. The monoisotopic (exact) mass is 316 g/mol. The number of nitrogens with zero attached hydrogens (tertiary/aromatic N) is 1. The number of rotatable bonds is 6.